The Bertz CT molecular complexity index is 836. The Morgan fingerprint density at radius 2 is 1.94 bits per heavy atom. The Balaban J connectivity index is 1.51. The molecule has 31 heavy (non-hydrogen) atoms. The molecular weight excluding hydrogens is 395 g/mol. The molecule has 1 aliphatic rings. The Labute approximate surface area is 184 Å². The van der Waals surface area contributed by atoms with Crippen molar-refractivity contribution >= 4 is 11.8 Å². The van der Waals surface area contributed by atoms with Crippen LogP contribution in [0.15, 0.2) is 47.6 Å². The molecule has 0 radical (unpaired) electrons. The number of likely N-dealkylation sites (N-methyl/N-ethyl adjacent to an activating group) is 1. The van der Waals surface area contributed by atoms with Gasteiger partial charge in [-0.25, -0.2) is 14.4 Å². The van der Waals surface area contributed by atoms with Crippen LogP contribution in [0.4, 0.5) is 10.2 Å². The van der Waals surface area contributed by atoms with Gasteiger partial charge in [0.1, 0.15) is 11.9 Å². The number of nitrogens with one attached hydrogen (secondary N) is 2. The van der Waals surface area contributed by atoms with E-state index in [1.54, 1.807) is 18.2 Å². The zero-order chi connectivity index (χ0) is 22.1. The Morgan fingerprint density at radius 3 is 2.61 bits per heavy atom. The normalized spacial score (nSPS) is 16.1. The standard InChI is InChI=1S/C23H33FN6O/c1-4-25-23(27-15-18(2)31-21-8-6-5-7-20(21)24)28-17-19-9-10-22(26-16-19)30-13-11-29(3)12-14-30/h5-10,16,18H,4,11-15,17H2,1-3H3,(H2,25,27,28). The van der Waals surface area contributed by atoms with E-state index in [-0.39, 0.29) is 17.7 Å². The van der Waals surface area contributed by atoms with Crippen molar-refractivity contribution in [1.82, 2.24) is 20.5 Å². The van der Waals surface area contributed by atoms with Gasteiger partial charge in [-0.2, -0.15) is 0 Å². The summed E-state index contributed by atoms with van der Waals surface area (Å²) in [7, 11) is 2.15. The number of hydrogen-bond acceptors (Lipinski definition) is 5. The lowest BCUT2D eigenvalue weighted by atomic mass is 10.2. The summed E-state index contributed by atoms with van der Waals surface area (Å²) >= 11 is 0. The van der Waals surface area contributed by atoms with E-state index in [2.05, 4.69) is 49.6 Å². The highest BCUT2D eigenvalue weighted by Gasteiger charge is 2.15. The number of ether oxygens (including phenoxy) is 1. The first-order valence-electron chi connectivity index (χ1n) is 10.9. The monoisotopic (exact) mass is 428 g/mol. The van der Waals surface area contributed by atoms with Crippen LogP contribution in [-0.4, -0.2) is 68.3 Å². The van der Waals surface area contributed by atoms with Gasteiger partial charge in [-0.15, -0.1) is 0 Å². The van der Waals surface area contributed by atoms with Gasteiger partial charge < -0.3 is 25.2 Å². The van der Waals surface area contributed by atoms with Crippen LogP contribution < -0.4 is 20.3 Å². The number of anilines is 1. The van der Waals surface area contributed by atoms with E-state index in [0.29, 0.717) is 19.0 Å². The summed E-state index contributed by atoms with van der Waals surface area (Å²) in [6.07, 6.45) is 1.68. The molecule has 1 aromatic carbocycles. The molecule has 1 unspecified atom stereocenters. The first-order chi connectivity index (χ1) is 15.0. The van der Waals surface area contributed by atoms with Crippen molar-refractivity contribution in [3.8, 4) is 5.75 Å². The Morgan fingerprint density at radius 1 is 1.16 bits per heavy atom. The van der Waals surface area contributed by atoms with Gasteiger partial charge in [-0.1, -0.05) is 18.2 Å². The number of pyridine rings is 1. The lowest BCUT2D eigenvalue weighted by Gasteiger charge is -2.33. The first-order valence-corrected chi connectivity index (χ1v) is 10.9. The van der Waals surface area contributed by atoms with E-state index >= 15 is 0 Å². The molecule has 0 spiro atoms. The summed E-state index contributed by atoms with van der Waals surface area (Å²) in [6.45, 7) is 9.80. The SMILES string of the molecule is CCNC(=NCc1ccc(N2CCN(C)CC2)nc1)NCC(C)Oc1ccccc1F. The third-order valence-corrected chi connectivity index (χ3v) is 5.12. The van der Waals surface area contributed by atoms with E-state index in [4.69, 9.17) is 4.74 Å². The van der Waals surface area contributed by atoms with Gasteiger partial charge >= 0.3 is 0 Å². The highest BCUT2D eigenvalue weighted by molar-refractivity contribution is 5.79. The van der Waals surface area contributed by atoms with Crippen molar-refractivity contribution in [3.63, 3.8) is 0 Å². The van der Waals surface area contributed by atoms with Gasteiger partial charge in [0, 0.05) is 38.9 Å². The van der Waals surface area contributed by atoms with Crippen molar-refractivity contribution in [3.05, 3.63) is 54.0 Å². The zero-order valence-electron chi connectivity index (χ0n) is 18.6. The third-order valence-electron chi connectivity index (χ3n) is 5.12. The van der Waals surface area contributed by atoms with E-state index in [0.717, 1.165) is 44.1 Å². The lowest BCUT2D eigenvalue weighted by Crippen LogP contribution is -2.44. The molecule has 1 aliphatic heterocycles. The maximum atomic E-state index is 13.7. The van der Waals surface area contributed by atoms with Crippen LogP contribution in [0.3, 0.4) is 0 Å². The summed E-state index contributed by atoms with van der Waals surface area (Å²) in [5.41, 5.74) is 1.05. The van der Waals surface area contributed by atoms with Gasteiger partial charge in [-0.05, 0) is 44.7 Å². The molecule has 1 aromatic heterocycles. The molecule has 3 rings (SSSR count). The number of aromatic nitrogens is 1. The number of guanidine groups is 1. The number of piperazine rings is 1. The van der Waals surface area contributed by atoms with Crippen LogP contribution in [0.2, 0.25) is 0 Å². The number of rotatable bonds is 8. The maximum absolute atomic E-state index is 13.7. The van der Waals surface area contributed by atoms with Crippen LogP contribution in [-0.2, 0) is 6.54 Å². The van der Waals surface area contributed by atoms with E-state index < -0.39 is 0 Å². The van der Waals surface area contributed by atoms with Crippen LogP contribution >= 0.6 is 0 Å². The minimum atomic E-state index is -0.359. The average Bonchev–Trinajstić information content (AvgIpc) is 2.78. The molecule has 7 nitrogen and oxygen atoms in total. The van der Waals surface area contributed by atoms with Gasteiger partial charge in [0.25, 0.3) is 0 Å². The summed E-state index contributed by atoms with van der Waals surface area (Å²) in [4.78, 5) is 13.9. The summed E-state index contributed by atoms with van der Waals surface area (Å²) in [5, 5.41) is 6.48. The maximum Gasteiger partial charge on any atom is 0.191 e. The van der Waals surface area contributed by atoms with Crippen LogP contribution in [0, 0.1) is 5.82 Å². The molecule has 0 aliphatic carbocycles. The predicted octanol–water partition coefficient (Wildman–Crippen LogP) is 2.50. The topological polar surface area (TPSA) is 65.0 Å². The minimum Gasteiger partial charge on any atom is -0.486 e. The van der Waals surface area contributed by atoms with Gasteiger partial charge in [0.2, 0.25) is 0 Å². The summed E-state index contributed by atoms with van der Waals surface area (Å²) in [5.74, 6) is 1.60. The fourth-order valence-electron chi connectivity index (χ4n) is 3.28. The van der Waals surface area contributed by atoms with Gasteiger partial charge in [0.15, 0.2) is 17.5 Å². The fraction of sp³-hybridized carbons (Fsp3) is 0.478. The van der Waals surface area contributed by atoms with Crippen LogP contribution in [0.1, 0.15) is 19.4 Å². The molecule has 2 heterocycles. The largest absolute Gasteiger partial charge is 0.486 e. The van der Waals surface area contributed by atoms with E-state index in [1.165, 1.54) is 6.07 Å². The van der Waals surface area contributed by atoms with Crippen molar-refractivity contribution in [2.45, 2.75) is 26.5 Å². The second-order valence-electron chi connectivity index (χ2n) is 7.75. The highest BCUT2D eigenvalue weighted by Crippen LogP contribution is 2.17. The summed E-state index contributed by atoms with van der Waals surface area (Å²) in [6, 6.07) is 10.6. The minimum absolute atomic E-state index is 0.217. The van der Waals surface area contributed by atoms with Gasteiger partial charge in [0.05, 0.1) is 13.1 Å². The summed E-state index contributed by atoms with van der Waals surface area (Å²) < 4.78 is 19.4. The smallest absolute Gasteiger partial charge is 0.191 e. The molecule has 1 atom stereocenters. The van der Waals surface area contributed by atoms with Crippen molar-refractivity contribution in [2.24, 2.45) is 4.99 Å². The van der Waals surface area contributed by atoms with E-state index in [9.17, 15) is 4.39 Å². The van der Waals surface area contributed by atoms with Crippen molar-refractivity contribution in [1.29, 1.82) is 0 Å². The zero-order valence-corrected chi connectivity index (χ0v) is 18.6. The number of para-hydroxylation sites is 1. The number of halogens is 1. The Kier molecular flexibility index (Phi) is 8.46. The third kappa shape index (κ3) is 7.10. The fourth-order valence-corrected chi connectivity index (χ4v) is 3.28. The molecule has 1 fully saturated rings. The molecule has 2 N–H and O–H groups in total. The molecule has 168 valence electrons. The lowest BCUT2D eigenvalue weighted by molar-refractivity contribution is 0.214. The number of hydrogen-bond donors (Lipinski definition) is 2. The second-order valence-corrected chi connectivity index (χ2v) is 7.75. The van der Waals surface area contributed by atoms with Crippen LogP contribution in [0.25, 0.3) is 0 Å². The quantitative estimate of drug-likeness (QED) is 0.498. The molecule has 0 amide bonds. The number of benzene rings is 1. The predicted molar refractivity (Wildman–Crippen MR) is 123 cm³/mol. The van der Waals surface area contributed by atoms with Gasteiger partial charge in [-0.3, -0.25) is 0 Å². The van der Waals surface area contributed by atoms with Crippen molar-refractivity contribution < 1.29 is 9.13 Å². The number of nitrogens with zero attached hydrogens (tertiary/aromatic N) is 4. The van der Waals surface area contributed by atoms with E-state index in [1.807, 2.05) is 20.0 Å². The molecule has 1 saturated heterocycles. The highest BCUT2D eigenvalue weighted by atomic mass is 19.1. The molecule has 0 saturated carbocycles. The molecule has 0 bridgehead atoms. The average molecular weight is 429 g/mol. The first kappa shape index (κ1) is 22.8. The molecule has 2 aromatic rings. The van der Waals surface area contributed by atoms with Crippen LogP contribution in [0.5, 0.6) is 5.75 Å². The second kappa shape index (κ2) is 11.5. The Hall–Kier alpha value is -2.87. The number of aliphatic imine (C=N–C) groups is 1. The van der Waals surface area contributed by atoms with Crippen molar-refractivity contribution in [2.75, 3.05) is 51.2 Å². The molecule has 8 heteroatoms. The molecular formula is C23H33FN6O.